The summed E-state index contributed by atoms with van der Waals surface area (Å²) in [5.74, 6) is 3.71. The molecule has 4 N–H and O–H groups in total. The number of nitrogen functional groups attached to an aromatic ring is 1. The van der Waals surface area contributed by atoms with Crippen molar-refractivity contribution in [1.29, 1.82) is 0 Å². The first-order valence-corrected chi connectivity index (χ1v) is 13.3. The lowest BCUT2D eigenvalue weighted by molar-refractivity contribution is 0.410. The van der Waals surface area contributed by atoms with Crippen LogP contribution < -0.4 is 15.8 Å². The van der Waals surface area contributed by atoms with Gasteiger partial charge >= 0.3 is 0 Å². The SMILES string of the molecule is CCCC[C@@H](CCSC)Nc1nc(N)nc(CC)c1Cc1cc(Cc2nn[nH]n2)ccc1OC. The Labute approximate surface area is 206 Å². The number of H-pyrrole nitrogens is 1. The fourth-order valence-electron chi connectivity index (χ4n) is 4.05. The molecule has 34 heavy (non-hydrogen) atoms. The molecule has 10 heteroatoms. The minimum Gasteiger partial charge on any atom is -0.496 e. The van der Waals surface area contributed by atoms with E-state index in [0.717, 1.165) is 59.0 Å². The van der Waals surface area contributed by atoms with Gasteiger partial charge in [-0.05, 0) is 48.5 Å². The molecular formula is C24H36N8OS. The van der Waals surface area contributed by atoms with Gasteiger partial charge in [0.25, 0.3) is 0 Å². The van der Waals surface area contributed by atoms with Gasteiger partial charge in [-0.25, -0.2) is 4.98 Å². The Bertz CT molecular complexity index is 1020. The number of nitrogens with two attached hydrogens (primary N) is 1. The van der Waals surface area contributed by atoms with Crippen LogP contribution in [0.25, 0.3) is 0 Å². The predicted molar refractivity (Wildman–Crippen MR) is 139 cm³/mol. The van der Waals surface area contributed by atoms with Gasteiger partial charge in [-0.3, -0.25) is 0 Å². The Balaban J connectivity index is 1.95. The van der Waals surface area contributed by atoms with E-state index in [0.29, 0.717) is 30.7 Å². The van der Waals surface area contributed by atoms with E-state index in [2.05, 4.69) is 62.1 Å². The minimum absolute atomic E-state index is 0.306. The summed E-state index contributed by atoms with van der Waals surface area (Å²) in [5, 5.41) is 18.0. The van der Waals surface area contributed by atoms with Gasteiger partial charge in [-0.2, -0.15) is 22.0 Å². The van der Waals surface area contributed by atoms with E-state index in [9.17, 15) is 0 Å². The smallest absolute Gasteiger partial charge is 0.222 e. The number of rotatable bonds is 14. The number of tetrazole rings is 1. The van der Waals surface area contributed by atoms with E-state index >= 15 is 0 Å². The number of nitrogens with zero attached hydrogens (tertiary/aromatic N) is 5. The molecule has 0 radical (unpaired) electrons. The van der Waals surface area contributed by atoms with E-state index in [-0.39, 0.29) is 0 Å². The molecule has 0 saturated carbocycles. The van der Waals surface area contributed by atoms with Crippen molar-refractivity contribution < 1.29 is 4.74 Å². The summed E-state index contributed by atoms with van der Waals surface area (Å²) in [7, 11) is 1.69. The van der Waals surface area contributed by atoms with Crippen molar-refractivity contribution >= 4 is 23.5 Å². The molecule has 0 amide bonds. The standard InChI is InChI=1S/C24H36N8OS/c1-5-7-8-18(11-12-34-4)26-23-19(20(6-2)27-24(25)28-23)15-17-13-16(9-10-21(17)33-3)14-22-29-31-32-30-22/h9-10,13,18H,5-8,11-12,14-15H2,1-4H3,(H3,25,26,27,28)(H,29,30,31,32)/t18-/m0/s1. The Kier molecular flexibility index (Phi) is 9.93. The highest BCUT2D eigenvalue weighted by molar-refractivity contribution is 7.98. The van der Waals surface area contributed by atoms with Crippen LogP contribution >= 0.6 is 11.8 Å². The first-order valence-electron chi connectivity index (χ1n) is 11.9. The molecule has 3 aromatic rings. The zero-order valence-corrected chi connectivity index (χ0v) is 21.4. The molecule has 0 fully saturated rings. The van der Waals surface area contributed by atoms with Crippen molar-refractivity contribution in [3.63, 3.8) is 0 Å². The van der Waals surface area contributed by atoms with Crippen molar-refractivity contribution in [2.45, 2.75) is 64.8 Å². The van der Waals surface area contributed by atoms with Crippen molar-refractivity contribution in [3.05, 3.63) is 46.4 Å². The zero-order chi connectivity index (χ0) is 24.3. The molecule has 2 heterocycles. The second kappa shape index (κ2) is 13.1. The highest BCUT2D eigenvalue weighted by atomic mass is 32.2. The van der Waals surface area contributed by atoms with E-state index in [1.165, 1.54) is 12.8 Å². The second-order valence-electron chi connectivity index (χ2n) is 8.30. The molecule has 0 unspecified atom stereocenters. The fraction of sp³-hybridized carbons (Fsp3) is 0.542. The van der Waals surface area contributed by atoms with Crippen LogP contribution in [-0.4, -0.2) is 55.8 Å². The average Bonchev–Trinajstić information content (AvgIpc) is 3.35. The maximum absolute atomic E-state index is 6.12. The normalized spacial score (nSPS) is 12.0. The largest absolute Gasteiger partial charge is 0.496 e. The highest BCUT2D eigenvalue weighted by Crippen LogP contribution is 2.29. The maximum Gasteiger partial charge on any atom is 0.222 e. The fourth-order valence-corrected chi connectivity index (χ4v) is 4.57. The summed E-state index contributed by atoms with van der Waals surface area (Å²) >= 11 is 1.87. The predicted octanol–water partition coefficient (Wildman–Crippen LogP) is 4.05. The van der Waals surface area contributed by atoms with Crippen molar-refractivity contribution in [3.8, 4) is 5.75 Å². The van der Waals surface area contributed by atoms with Gasteiger partial charge in [-0.1, -0.05) is 44.0 Å². The van der Waals surface area contributed by atoms with Crippen LogP contribution in [0.5, 0.6) is 5.75 Å². The van der Waals surface area contributed by atoms with E-state index in [1.807, 2.05) is 23.9 Å². The number of anilines is 2. The summed E-state index contributed by atoms with van der Waals surface area (Å²) in [5.41, 5.74) is 10.3. The number of hydrogen-bond acceptors (Lipinski definition) is 9. The Hall–Kier alpha value is -2.88. The molecule has 0 aliphatic rings. The van der Waals surface area contributed by atoms with Gasteiger partial charge in [0.15, 0.2) is 5.82 Å². The van der Waals surface area contributed by atoms with Gasteiger partial charge in [0, 0.05) is 24.4 Å². The van der Waals surface area contributed by atoms with Crippen LogP contribution in [0.4, 0.5) is 11.8 Å². The summed E-state index contributed by atoms with van der Waals surface area (Å²) < 4.78 is 5.69. The highest BCUT2D eigenvalue weighted by Gasteiger charge is 2.19. The molecule has 0 spiro atoms. The lowest BCUT2D eigenvalue weighted by Crippen LogP contribution is -2.23. The lowest BCUT2D eigenvalue weighted by atomic mass is 9.98. The topological polar surface area (TPSA) is 128 Å². The number of hydrogen-bond donors (Lipinski definition) is 3. The van der Waals surface area contributed by atoms with Gasteiger partial charge in [-0.15, -0.1) is 10.2 Å². The zero-order valence-electron chi connectivity index (χ0n) is 20.6. The van der Waals surface area contributed by atoms with Crippen LogP contribution in [0.1, 0.15) is 67.7 Å². The first kappa shape index (κ1) is 25.7. The molecule has 0 saturated heterocycles. The summed E-state index contributed by atoms with van der Waals surface area (Å²) in [6, 6.07) is 6.50. The van der Waals surface area contributed by atoms with Crippen LogP contribution in [0.3, 0.4) is 0 Å². The van der Waals surface area contributed by atoms with Crippen LogP contribution in [0.15, 0.2) is 18.2 Å². The first-order chi connectivity index (χ1) is 16.6. The number of thioether (sulfide) groups is 1. The number of aromatic nitrogens is 6. The van der Waals surface area contributed by atoms with E-state index in [4.69, 9.17) is 10.5 Å². The number of benzene rings is 1. The molecule has 1 atom stereocenters. The van der Waals surface area contributed by atoms with Gasteiger partial charge in [0.2, 0.25) is 5.95 Å². The molecule has 9 nitrogen and oxygen atoms in total. The van der Waals surface area contributed by atoms with Crippen LogP contribution in [0, 0.1) is 0 Å². The molecule has 0 bridgehead atoms. The molecule has 3 rings (SSSR count). The molecular weight excluding hydrogens is 448 g/mol. The summed E-state index contributed by atoms with van der Waals surface area (Å²) in [6.07, 6.45) is 8.67. The van der Waals surface area contributed by atoms with Gasteiger partial charge in [0.1, 0.15) is 11.6 Å². The number of aryl methyl sites for hydroxylation is 1. The van der Waals surface area contributed by atoms with Crippen molar-refractivity contribution in [2.24, 2.45) is 0 Å². The Morgan fingerprint density at radius 2 is 2.03 bits per heavy atom. The van der Waals surface area contributed by atoms with E-state index in [1.54, 1.807) is 7.11 Å². The average molecular weight is 485 g/mol. The number of aromatic amines is 1. The van der Waals surface area contributed by atoms with E-state index < -0.39 is 0 Å². The minimum atomic E-state index is 0.306. The quantitative estimate of drug-likeness (QED) is 0.310. The van der Waals surface area contributed by atoms with Crippen molar-refractivity contribution in [1.82, 2.24) is 30.6 Å². The molecule has 0 aliphatic heterocycles. The molecule has 1 aromatic carbocycles. The number of methoxy groups -OCH3 is 1. The Morgan fingerprint density at radius 3 is 2.71 bits per heavy atom. The monoisotopic (exact) mass is 484 g/mol. The number of ether oxygens (including phenoxy) is 1. The number of unbranched alkanes of at least 4 members (excludes halogenated alkanes) is 1. The second-order valence-corrected chi connectivity index (χ2v) is 9.29. The third-order valence-corrected chi connectivity index (χ3v) is 6.47. The molecule has 0 aliphatic carbocycles. The molecule has 2 aromatic heterocycles. The van der Waals surface area contributed by atoms with Crippen molar-refractivity contribution in [2.75, 3.05) is 30.2 Å². The van der Waals surface area contributed by atoms with Gasteiger partial charge in [0.05, 0.1) is 12.8 Å². The molecule has 184 valence electrons. The Morgan fingerprint density at radius 1 is 1.18 bits per heavy atom. The van der Waals surface area contributed by atoms with Gasteiger partial charge < -0.3 is 15.8 Å². The number of nitrogens with one attached hydrogen (secondary N) is 2. The third kappa shape index (κ3) is 7.06. The summed E-state index contributed by atoms with van der Waals surface area (Å²) in [4.78, 5) is 9.22. The van der Waals surface area contributed by atoms with Crippen LogP contribution in [-0.2, 0) is 19.3 Å². The van der Waals surface area contributed by atoms with Crippen LogP contribution in [0.2, 0.25) is 0 Å². The summed E-state index contributed by atoms with van der Waals surface area (Å²) in [6.45, 7) is 4.32. The maximum atomic E-state index is 6.12. The lowest BCUT2D eigenvalue weighted by Gasteiger charge is -2.22. The third-order valence-electron chi connectivity index (χ3n) is 5.83.